The van der Waals surface area contributed by atoms with Gasteiger partial charge in [-0.25, -0.2) is 0 Å². The first-order chi connectivity index (χ1) is 8.81. The van der Waals surface area contributed by atoms with E-state index in [1.807, 2.05) is 18.0 Å². The number of thioether (sulfide) groups is 1. The van der Waals surface area contributed by atoms with E-state index in [-0.39, 0.29) is 0 Å². The van der Waals surface area contributed by atoms with E-state index in [4.69, 9.17) is 4.74 Å². The van der Waals surface area contributed by atoms with E-state index in [9.17, 15) is 0 Å². The van der Waals surface area contributed by atoms with Gasteiger partial charge in [-0.2, -0.15) is 11.8 Å². The van der Waals surface area contributed by atoms with E-state index in [0.29, 0.717) is 6.04 Å². The topological polar surface area (TPSA) is 34.2 Å². The number of rotatable bonds is 9. The van der Waals surface area contributed by atoms with Crippen molar-refractivity contribution in [2.75, 3.05) is 25.2 Å². The van der Waals surface area contributed by atoms with Crippen LogP contribution in [-0.4, -0.2) is 30.1 Å². The average molecular weight is 268 g/mol. The molecule has 1 unspecified atom stereocenters. The van der Waals surface area contributed by atoms with Gasteiger partial charge in [-0.1, -0.05) is 13.8 Å². The lowest BCUT2D eigenvalue weighted by Gasteiger charge is -2.18. The maximum atomic E-state index is 5.63. The largest absolute Gasteiger partial charge is 0.492 e. The van der Waals surface area contributed by atoms with E-state index in [1.54, 1.807) is 6.20 Å². The van der Waals surface area contributed by atoms with Gasteiger partial charge in [0.1, 0.15) is 5.75 Å². The molecule has 102 valence electrons. The Morgan fingerprint density at radius 3 is 2.83 bits per heavy atom. The monoisotopic (exact) mass is 268 g/mol. The molecule has 0 radical (unpaired) electrons. The molecule has 4 heteroatoms. The fourth-order valence-corrected chi connectivity index (χ4v) is 2.33. The van der Waals surface area contributed by atoms with Gasteiger partial charge < -0.3 is 10.1 Å². The van der Waals surface area contributed by atoms with Crippen molar-refractivity contribution in [2.45, 2.75) is 32.7 Å². The summed E-state index contributed by atoms with van der Waals surface area (Å²) in [5, 5.41) is 3.55. The van der Waals surface area contributed by atoms with Gasteiger partial charge in [-0.3, -0.25) is 4.98 Å². The summed E-state index contributed by atoms with van der Waals surface area (Å²) in [6, 6.07) is 2.46. The van der Waals surface area contributed by atoms with Gasteiger partial charge in [0.25, 0.3) is 0 Å². The summed E-state index contributed by atoms with van der Waals surface area (Å²) in [6.07, 6.45) is 8.01. The molecule has 0 aliphatic carbocycles. The molecule has 0 aliphatic rings. The Morgan fingerprint density at radius 2 is 2.17 bits per heavy atom. The third-order valence-corrected chi connectivity index (χ3v) is 3.25. The molecule has 0 bridgehead atoms. The van der Waals surface area contributed by atoms with Crippen molar-refractivity contribution < 1.29 is 4.74 Å². The number of aromatic nitrogens is 1. The standard InChI is InChI=1S/C14H24N2OS/c1-4-6-16-14(11-18-3)12-8-13(10-15-9-12)17-7-5-2/h8-10,14,16H,4-7,11H2,1-3H3. The molecule has 1 rings (SSSR count). The van der Waals surface area contributed by atoms with Crippen LogP contribution in [0.2, 0.25) is 0 Å². The van der Waals surface area contributed by atoms with Crippen molar-refractivity contribution in [1.29, 1.82) is 0 Å². The first-order valence-corrected chi connectivity index (χ1v) is 8.01. The van der Waals surface area contributed by atoms with Crippen LogP contribution in [0.3, 0.4) is 0 Å². The predicted molar refractivity (Wildman–Crippen MR) is 79.4 cm³/mol. The number of pyridine rings is 1. The minimum atomic E-state index is 0.359. The maximum Gasteiger partial charge on any atom is 0.137 e. The van der Waals surface area contributed by atoms with Crippen LogP contribution in [0.1, 0.15) is 38.3 Å². The minimum absolute atomic E-state index is 0.359. The lowest BCUT2D eigenvalue weighted by molar-refractivity contribution is 0.315. The summed E-state index contributed by atoms with van der Waals surface area (Å²) in [6.45, 7) is 6.07. The third-order valence-electron chi connectivity index (χ3n) is 2.58. The molecule has 0 aromatic carbocycles. The molecule has 0 aliphatic heterocycles. The van der Waals surface area contributed by atoms with E-state index >= 15 is 0 Å². The molecular formula is C14H24N2OS. The highest BCUT2D eigenvalue weighted by atomic mass is 32.2. The van der Waals surface area contributed by atoms with Gasteiger partial charge in [-0.15, -0.1) is 0 Å². The Hall–Kier alpha value is -0.740. The molecule has 0 saturated carbocycles. The van der Waals surface area contributed by atoms with E-state index in [0.717, 1.165) is 37.5 Å². The third kappa shape index (κ3) is 5.27. The van der Waals surface area contributed by atoms with Crippen LogP contribution in [0.4, 0.5) is 0 Å². The van der Waals surface area contributed by atoms with Gasteiger partial charge in [-0.05, 0) is 37.3 Å². The molecule has 1 heterocycles. The number of nitrogens with one attached hydrogen (secondary N) is 1. The zero-order chi connectivity index (χ0) is 13.2. The van der Waals surface area contributed by atoms with Gasteiger partial charge in [0, 0.05) is 18.0 Å². The zero-order valence-electron chi connectivity index (χ0n) is 11.6. The van der Waals surface area contributed by atoms with Crippen LogP contribution >= 0.6 is 11.8 Å². The second-order valence-corrected chi connectivity index (χ2v) is 5.18. The van der Waals surface area contributed by atoms with Crippen LogP contribution in [0.25, 0.3) is 0 Å². The number of nitrogens with zero attached hydrogens (tertiary/aromatic N) is 1. The zero-order valence-corrected chi connectivity index (χ0v) is 12.4. The lowest BCUT2D eigenvalue weighted by Crippen LogP contribution is -2.24. The van der Waals surface area contributed by atoms with Crippen molar-refractivity contribution in [1.82, 2.24) is 10.3 Å². The number of ether oxygens (including phenoxy) is 1. The minimum Gasteiger partial charge on any atom is -0.492 e. The molecule has 0 fully saturated rings. The molecule has 1 aromatic heterocycles. The highest BCUT2D eigenvalue weighted by Gasteiger charge is 2.11. The van der Waals surface area contributed by atoms with Crippen molar-refractivity contribution in [3.8, 4) is 5.75 Å². The molecule has 18 heavy (non-hydrogen) atoms. The molecule has 1 atom stereocenters. The molecule has 3 nitrogen and oxygen atoms in total. The Bertz CT molecular complexity index is 333. The van der Waals surface area contributed by atoms with Gasteiger partial charge >= 0.3 is 0 Å². The molecule has 0 spiro atoms. The summed E-state index contributed by atoms with van der Waals surface area (Å²) in [7, 11) is 0. The van der Waals surface area contributed by atoms with Gasteiger partial charge in [0.2, 0.25) is 0 Å². The fraction of sp³-hybridized carbons (Fsp3) is 0.643. The van der Waals surface area contributed by atoms with Crippen molar-refractivity contribution in [3.05, 3.63) is 24.0 Å². The molecule has 0 saturated heterocycles. The van der Waals surface area contributed by atoms with Crippen LogP contribution in [-0.2, 0) is 0 Å². The second-order valence-electron chi connectivity index (χ2n) is 4.26. The fourth-order valence-electron chi connectivity index (χ4n) is 1.68. The molecule has 1 N–H and O–H groups in total. The summed E-state index contributed by atoms with van der Waals surface area (Å²) >= 11 is 1.85. The summed E-state index contributed by atoms with van der Waals surface area (Å²) in [4.78, 5) is 4.27. The lowest BCUT2D eigenvalue weighted by atomic mass is 10.1. The van der Waals surface area contributed by atoms with Gasteiger partial charge in [0.15, 0.2) is 0 Å². The first-order valence-electron chi connectivity index (χ1n) is 6.61. The van der Waals surface area contributed by atoms with Crippen molar-refractivity contribution >= 4 is 11.8 Å². The van der Waals surface area contributed by atoms with Crippen LogP contribution in [0.15, 0.2) is 18.5 Å². The van der Waals surface area contributed by atoms with Crippen LogP contribution in [0, 0.1) is 0 Å². The van der Waals surface area contributed by atoms with Crippen molar-refractivity contribution in [2.24, 2.45) is 0 Å². The number of hydrogen-bond acceptors (Lipinski definition) is 4. The Balaban J connectivity index is 2.70. The SMILES string of the molecule is CCCNC(CSC)c1cncc(OCCC)c1. The van der Waals surface area contributed by atoms with E-state index in [2.05, 4.69) is 36.5 Å². The average Bonchev–Trinajstić information content (AvgIpc) is 2.41. The predicted octanol–water partition coefficient (Wildman–Crippen LogP) is 3.27. The molecule has 0 amide bonds. The highest BCUT2D eigenvalue weighted by molar-refractivity contribution is 7.98. The normalized spacial score (nSPS) is 12.4. The molecular weight excluding hydrogens is 244 g/mol. The van der Waals surface area contributed by atoms with Crippen LogP contribution in [0.5, 0.6) is 5.75 Å². The summed E-state index contributed by atoms with van der Waals surface area (Å²) in [5.41, 5.74) is 1.21. The van der Waals surface area contributed by atoms with E-state index in [1.165, 1.54) is 5.56 Å². The Kier molecular flexibility index (Phi) is 7.85. The number of hydrogen-bond donors (Lipinski definition) is 1. The Labute approximate surface area is 115 Å². The maximum absolute atomic E-state index is 5.63. The quantitative estimate of drug-likeness (QED) is 0.745. The Morgan fingerprint density at radius 1 is 1.33 bits per heavy atom. The first kappa shape index (κ1) is 15.3. The van der Waals surface area contributed by atoms with Crippen LogP contribution < -0.4 is 10.1 Å². The smallest absolute Gasteiger partial charge is 0.137 e. The summed E-state index contributed by atoms with van der Waals surface area (Å²) < 4.78 is 5.63. The van der Waals surface area contributed by atoms with Gasteiger partial charge in [0.05, 0.1) is 12.8 Å². The summed E-state index contributed by atoms with van der Waals surface area (Å²) in [5.74, 6) is 1.93. The van der Waals surface area contributed by atoms with Crippen molar-refractivity contribution in [3.63, 3.8) is 0 Å². The molecule has 1 aromatic rings. The second kappa shape index (κ2) is 9.22. The van der Waals surface area contributed by atoms with E-state index < -0.39 is 0 Å². The highest BCUT2D eigenvalue weighted by Crippen LogP contribution is 2.20.